The summed E-state index contributed by atoms with van der Waals surface area (Å²) in [5.41, 5.74) is 9.63. The highest BCUT2D eigenvalue weighted by Crippen LogP contribution is 2.41. The Bertz CT molecular complexity index is 1090. The minimum absolute atomic E-state index is 0.141. The lowest BCUT2D eigenvalue weighted by Gasteiger charge is -2.04. The summed E-state index contributed by atoms with van der Waals surface area (Å²) in [5, 5.41) is 0. The van der Waals surface area contributed by atoms with Crippen molar-refractivity contribution in [3.63, 3.8) is 0 Å². The summed E-state index contributed by atoms with van der Waals surface area (Å²) in [5.74, 6) is 0.141. The number of thioether (sulfide) groups is 2. The summed E-state index contributed by atoms with van der Waals surface area (Å²) in [4.78, 5) is 17.5. The summed E-state index contributed by atoms with van der Waals surface area (Å²) in [6.07, 6.45) is 6.26. The molecule has 2 aliphatic rings. The predicted molar refractivity (Wildman–Crippen MR) is 129 cm³/mol. The van der Waals surface area contributed by atoms with Gasteiger partial charge in [-0.25, -0.2) is 4.85 Å². The topological polar surface area (TPSA) is 21.4 Å². The number of rotatable bonds is 3. The zero-order valence-corrected chi connectivity index (χ0v) is 19.2. The molecule has 0 amide bonds. The number of benzene rings is 2. The van der Waals surface area contributed by atoms with E-state index in [-0.39, 0.29) is 5.78 Å². The Morgan fingerprint density at radius 3 is 1.90 bits per heavy atom. The summed E-state index contributed by atoms with van der Waals surface area (Å²) in [6, 6.07) is 12.0. The van der Waals surface area contributed by atoms with Crippen LogP contribution in [0.2, 0.25) is 0 Å². The zero-order chi connectivity index (χ0) is 21.1. The fourth-order valence-electron chi connectivity index (χ4n) is 3.92. The highest BCUT2D eigenvalue weighted by Gasteiger charge is 2.19. The van der Waals surface area contributed by atoms with Gasteiger partial charge < -0.3 is 0 Å². The van der Waals surface area contributed by atoms with Gasteiger partial charge in [-0.05, 0) is 80.5 Å². The maximum absolute atomic E-state index is 11.3. The molecule has 0 bridgehead atoms. The van der Waals surface area contributed by atoms with Gasteiger partial charge in [0.25, 0.3) is 0 Å². The molecule has 2 aromatic carbocycles. The zero-order valence-electron chi connectivity index (χ0n) is 17.6. The minimum atomic E-state index is 0.141. The molecule has 0 spiro atoms. The third-order valence-electron chi connectivity index (χ3n) is 5.32. The van der Waals surface area contributed by atoms with E-state index in [1.165, 1.54) is 43.2 Å². The molecule has 0 N–H and O–H groups in total. The van der Waals surface area contributed by atoms with E-state index in [1.807, 2.05) is 24.3 Å². The third-order valence-corrected chi connectivity index (χ3v) is 7.28. The van der Waals surface area contributed by atoms with E-state index in [2.05, 4.69) is 43.3 Å². The molecule has 2 aliphatic carbocycles. The van der Waals surface area contributed by atoms with Gasteiger partial charge >= 0.3 is 0 Å². The second-order valence-electron chi connectivity index (χ2n) is 7.36. The Kier molecular flexibility index (Phi) is 6.72. The van der Waals surface area contributed by atoms with Gasteiger partial charge in [-0.3, -0.25) is 4.79 Å². The smallest absolute Gasteiger partial charge is 0.187 e. The van der Waals surface area contributed by atoms with Gasteiger partial charge in [0.05, 0.1) is 6.57 Å². The van der Waals surface area contributed by atoms with Crippen molar-refractivity contribution in [3.8, 4) is 0 Å². The number of fused-ring (bicyclic) bond motifs is 2. The molecule has 0 unspecified atom stereocenters. The van der Waals surface area contributed by atoms with Crippen molar-refractivity contribution < 1.29 is 4.79 Å². The van der Waals surface area contributed by atoms with Crippen molar-refractivity contribution in [2.24, 2.45) is 0 Å². The van der Waals surface area contributed by atoms with Crippen LogP contribution in [0, 0.1) is 6.57 Å². The molecule has 0 aliphatic heterocycles. The summed E-state index contributed by atoms with van der Waals surface area (Å²) >= 11 is 3.55. The number of Topliss-reactive ketones (excluding diaryl/α,β-unsaturated/α-hetero) is 1. The fraction of sp³-hybridized carbons (Fsp3) is 0.280. The number of hydrogen-bond donors (Lipinski definition) is 0. The molecule has 2 aromatic rings. The standard InChI is InChI=1S/C13H14OS.C12H11NS/c1-8-6-11-5-4-10(9(2)14)7-12(11)13(8)15-3;1-8-6-9-4-5-10(13-2)7-11(9)12(8)14-3/h4-5,7H,6H2,1-3H3;4-5,7H,6H2,1,3H3. The van der Waals surface area contributed by atoms with Crippen LogP contribution in [-0.2, 0) is 12.8 Å². The molecule has 0 atom stereocenters. The molecule has 0 heterocycles. The molecule has 4 rings (SSSR count). The van der Waals surface area contributed by atoms with Crippen LogP contribution >= 0.6 is 23.5 Å². The predicted octanol–water partition coefficient (Wildman–Crippen LogP) is 7.43. The summed E-state index contributed by atoms with van der Waals surface area (Å²) in [7, 11) is 0. The second kappa shape index (κ2) is 9.07. The second-order valence-corrected chi connectivity index (χ2v) is 9.00. The largest absolute Gasteiger partial charge is 0.295 e. The van der Waals surface area contributed by atoms with Crippen molar-refractivity contribution in [2.45, 2.75) is 33.6 Å². The van der Waals surface area contributed by atoms with E-state index in [9.17, 15) is 4.79 Å². The lowest BCUT2D eigenvalue weighted by molar-refractivity contribution is 0.101. The highest BCUT2D eigenvalue weighted by molar-refractivity contribution is 8.08. The van der Waals surface area contributed by atoms with Gasteiger partial charge in [-0.1, -0.05) is 35.4 Å². The maximum Gasteiger partial charge on any atom is 0.187 e. The normalized spacial score (nSPS) is 14.2. The van der Waals surface area contributed by atoms with Gasteiger partial charge in [0.15, 0.2) is 11.5 Å². The first-order valence-corrected chi connectivity index (χ1v) is 12.0. The van der Waals surface area contributed by atoms with Crippen LogP contribution < -0.4 is 0 Å². The van der Waals surface area contributed by atoms with Gasteiger partial charge in [-0.15, -0.1) is 23.5 Å². The van der Waals surface area contributed by atoms with Crippen molar-refractivity contribution in [1.82, 2.24) is 0 Å². The first-order valence-electron chi connectivity index (χ1n) is 9.52. The molecule has 148 valence electrons. The van der Waals surface area contributed by atoms with Gasteiger partial charge in [-0.2, -0.15) is 0 Å². The number of hydrogen-bond acceptors (Lipinski definition) is 3. The van der Waals surface area contributed by atoms with Crippen LogP contribution in [0.4, 0.5) is 5.69 Å². The van der Waals surface area contributed by atoms with Gasteiger partial charge in [0.1, 0.15) is 0 Å². The number of allylic oxidation sites excluding steroid dienone is 2. The van der Waals surface area contributed by atoms with Gasteiger partial charge in [0, 0.05) is 15.4 Å². The molecule has 0 saturated carbocycles. The first-order chi connectivity index (χ1) is 13.9. The van der Waals surface area contributed by atoms with E-state index < -0.39 is 0 Å². The average molecular weight is 420 g/mol. The molecular formula is C25H25NOS2. The van der Waals surface area contributed by atoms with Crippen molar-refractivity contribution in [3.05, 3.63) is 86.8 Å². The molecule has 29 heavy (non-hydrogen) atoms. The maximum atomic E-state index is 11.3. The Morgan fingerprint density at radius 2 is 1.41 bits per heavy atom. The monoisotopic (exact) mass is 419 g/mol. The Labute approximate surface area is 182 Å². The van der Waals surface area contributed by atoms with Crippen LogP contribution in [0.25, 0.3) is 14.7 Å². The van der Waals surface area contributed by atoms with Crippen LogP contribution in [0.3, 0.4) is 0 Å². The van der Waals surface area contributed by atoms with Crippen LogP contribution in [-0.4, -0.2) is 18.3 Å². The third kappa shape index (κ3) is 4.37. The van der Waals surface area contributed by atoms with Crippen LogP contribution in [0.1, 0.15) is 53.4 Å². The van der Waals surface area contributed by atoms with Gasteiger partial charge in [0.2, 0.25) is 0 Å². The van der Waals surface area contributed by atoms with E-state index in [1.54, 1.807) is 30.4 Å². The highest BCUT2D eigenvalue weighted by atomic mass is 32.2. The minimum Gasteiger partial charge on any atom is -0.295 e. The lowest BCUT2D eigenvalue weighted by atomic mass is 10.0. The molecule has 0 fully saturated rings. The number of ketones is 1. The molecule has 4 heteroatoms. The van der Waals surface area contributed by atoms with Crippen molar-refractivity contribution in [1.29, 1.82) is 0 Å². The fourth-order valence-corrected chi connectivity index (χ4v) is 5.58. The Balaban J connectivity index is 0.000000166. The van der Waals surface area contributed by atoms with E-state index in [0.717, 1.165) is 24.1 Å². The molecular weight excluding hydrogens is 394 g/mol. The number of nitrogens with zero attached hydrogens (tertiary/aromatic N) is 1. The first kappa shape index (κ1) is 21.5. The van der Waals surface area contributed by atoms with Crippen molar-refractivity contribution in [2.75, 3.05) is 12.5 Å². The summed E-state index contributed by atoms with van der Waals surface area (Å²) in [6.45, 7) is 12.9. The molecule has 0 saturated heterocycles. The van der Waals surface area contributed by atoms with E-state index in [4.69, 9.17) is 6.57 Å². The van der Waals surface area contributed by atoms with Crippen molar-refractivity contribution >= 4 is 44.8 Å². The van der Waals surface area contributed by atoms with E-state index >= 15 is 0 Å². The van der Waals surface area contributed by atoms with Crippen LogP contribution in [0.15, 0.2) is 47.5 Å². The quantitative estimate of drug-likeness (QED) is 0.381. The molecule has 2 nitrogen and oxygen atoms in total. The SMILES string of the molecule is CSC1=C(C)Cc2ccc(C(C)=O)cc21.[C-]#[N+]c1ccc2c(c1)C(SC)=C(C)C2. The number of carbonyl (C=O) groups excluding carboxylic acids is 1. The van der Waals surface area contributed by atoms with Crippen LogP contribution in [0.5, 0.6) is 0 Å². The Morgan fingerprint density at radius 1 is 0.897 bits per heavy atom. The summed E-state index contributed by atoms with van der Waals surface area (Å²) < 4.78 is 0. The molecule has 0 aromatic heterocycles. The lowest BCUT2D eigenvalue weighted by Crippen LogP contribution is -1.94. The van der Waals surface area contributed by atoms with E-state index in [0.29, 0.717) is 0 Å². The number of carbonyl (C=O) groups is 1. The molecule has 0 radical (unpaired) electrons. The average Bonchev–Trinajstić information content (AvgIpc) is 3.21. The Hall–Kier alpha value is -2.22.